The second-order valence-electron chi connectivity index (χ2n) is 6.89. The van der Waals surface area contributed by atoms with Crippen molar-refractivity contribution >= 4 is 11.8 Å². The van der Waals surface area contributed by atoms with Gasteiger partial charge in [0.15, 0.2) is 5.82 Å². The molecule has 0 bridgehead atoms. The third kappa shape index (κ3) is 2.96. The van der Waals surface area contributed by atoms with Crippen molar-refractivity contribution in [1.82, 2.24) is 25.0 Å². The number of aryl methyl sites for hydroxylation is 1. The van der Waals surface area contributed by atoms with E-state index in [-0.39, 0.29) is 17.7 Å². The van der Waals surface area contributed by atoms with E-state index in [1.165, 1.54) is 6.42 Å². The van der Waals surface area contributed by atoms with Gasteiger partial charge in [0.2, 0.25) is 11.8 Å². The van der Waals surface area contributed by atoms with Gasteiger partial charge in [-0.3, -0.25) is 9.59 Å². The van der Waals surface area contributed by atoms with Crippen molar-refractivity contribution in [2.75, 3.05) is 6.54 Å². The number of aromatic nitrogens is 3. The molecule has 3 aliphatic rings. The third-order valence-electron chi connectivity index (χ3n) is 5.12. The normalized spacial score (nSPS) is 24.4. The topological polar surface area (TPSA) is 80.1 Å². The Bertz CT molecular complexity index is 622. The van der Waals surface area contributed by atoms with Crippen molar-refractivity contribution in [3.05, 3.63) is 11.6 Å². The highest BCUT2D eigenvalue weighted by Gasteiger charge is 2.41. The van der Waals surface area contributed by atoms with Crippen molar-refractivity contribution in [2.24, 2.45) is 5.92 Å². The van der Waals surface area contributed by atoms with Gasteiger partial charge in [0, 0.05) is 32.0 Å². The summed E-state index contributed by atoms with van der Waals surface area (Å²) in [6.45, 7) is 1.91. The predicted octanol–water partition coefficient (Wildman–Crippen LogP) is 0.632. The first-order valence-corrected chi connectivity index (χ1v) is 8.70. The van der Waals surface area contributed by atoms with E-state index < -0.39 is 0 Å². The van der Waals surface area contributed by atoms with Gasteiger partial charge in [-0.25, -0.2) is 0 Å². The molecule has 0 aromatic carbocycles. The number of likely N-dealkylation sites (tertiary alicyclic amines) is 1. The zero-order valence-corrected chi connectivity index (χ0v) is 13.3. The number of hydrogen-bond acceptors (Lipinski definition) is 4. The van der Waals surface area contributed by atoms with Crippen LogP contribution >= 0.6 is 0 Å². The zero-order chi connectivity index (χ0) is 15.8. The Kier molecular flexibility index (Phi) is 3.79. The number of nitrogens with one attached hydrogen (secondary N) is 1. The van der Waals surface area contributed by atoms with E-state index >= 15 is 0 Å². The molecule has 0 radical (unpaired) electrons. The Morgan fingerprint density at radius 1 is 1.22 bits per heavy atom. The second-order valence-corrected chi connectivity index (χ2v) is 6.89. The monoisotopic (exact) mass is 317 g/mol. The largest absolute Gasteiger partial charge is 0.348 e. The fraction of sp³-hybridized carbons (Fsp3) is 0.750. The van der Waals surface area contributed by atoms with E-state index in [0.29, 0.717) is 25.6 Å². The predicted molar refractivity (Wildman–Crippen MR) is 82.3 cm³/mol. The molecule has 23 heavy (non-hydrogen) atoms. The molecule has 3 heterocycles. The van der Waals surface area contributed by atoms with Crippen LogP contribution < -0.4 is 5.32 Å². The van der Waals surface area contributed by atoms with Gasteiger partial charge in [0.05, 0.1) is 12.5 Å². The highest BCUT2D eigenvalue weighted by atomic mass is 16.2. The number of hydrogen-bond donors (Lipinski definition) is 1. The fourth-order valence-electron chi connectivity index (χ4n) is 3.63. The molecule has 2 amide bonds. The van der Waals surface area contributed by atoms with E-state index in [0.717, 1.165) is 50.3 Å². The number of nitrogens with zero attached hydrogens (tertiary/aromatic N) is 4. The maximum Gasteiger partial charge on any atom is 0.225 e. The molecular weight excluding hydrogens is 294 g/mol. The molecule has 1 saturated carbocycles. The van der Waals surface area contributed by atoms with Crippen molar-refractivity contribution in [3.63, 3.8) is 0 Å². The molecule has 7 nitrogen and oxygen atoms in total. The smallest absolute Gasteiger partial charge is 0.225 e. The first-order chi connectivity index (χ1) is 11.2. The summed E-state index contributed by atoms with van der Waals surface area (Å²) in [7, 11) is 0. The zero-order valence-electron chi connectivity index (χ0n) is 13.3. The summed E-state index contributed by atoms with van der Waals surface area (Å²) in [6.07, 6.45) is 7.01. The van der Waals surface area contributed by atoms with E-state index in [9.17, 15) is 9.59 Å². The lowest BCUT2D eigenvalue weighted by Gasteiger charge is -2.15. The lowest BCUT2D eigenvalue weighted by molar-refractivity contribution is -0.129. The molecule has 1 aliphatic carbocycles. The number of fused-ring (bicyclic) bond motifs is 1. The van der Waals surface area contributed by atoms with E-state index in [1.807, 2.05) is 4.90 Å². The Hall–Kier alpha value is -1.92. The SMILES string of the molecule is O=C(NCc1nnc2n1CCCCC2)[C@@H]1CC(=O)N(C2CC2)C1. The molecule has 1 N–H and O–H groups in total. The Morgan fingerprint density at radius 3 is 2.91 bits per heavy atom. The lowest BCUT2D eigenvalue weighted by Crippen LogP contribution is -2.34. The minimum Gasteiger partial charge on any atom is -0.348 e. The van der Waals surface area contributed by atoms with Crippen LogP contribution in [-0.2, 0) is 29.1 Å². The Labute approximate surface area is 135 Å². The van der Waals surface area contributed by atoms with Crippen LogP contribution in [0.1, 0.15) is 50.2 Å². The minimum absolute atomic E-state index is 0.0347. The van der Waals surface area contributed by atoms with Gasteiger partial charge in [0.1, 0.15) is 5.82 Å². The Morgan fingerprint density at radius 2 is 2.09 bits per heavy atom. The van der Waals surface area contributed by atoms with Crippen molar-refractivity contribution in [2.45, 2.75) is 64.1 Å². The summed E-state index contributed by atoms with van der Waals surface area (Å²) < 4.78 is 2.14. The lowest BCUT2D eigenvalue weighted by atomic mass is 10.1. The van der Waals surface area contributed by atoms with Crippen molar-refractivity contribution in [3.8, 4) is 0 Å². The molecule has 4 rings (SSSR count). The molecule has 1 saturated heterocycles. The average Bonchev–Trinajstić information content (AvgIpc) is 3.27. The first kappa shape index (κ1) is 14.7. The summed E-state index contributed by atoms with van der Waals surface area (Å²) in [5.41, 5.74) is 0. The van der Waals surface area contributed by atoms with Gasteiger partial charge in [-0.15, -0.1) is 10.2 Å². The van der Waals surface area contributed by atoms with Crippen LogP contribution in [0.2, 0.25) is 0 Å². The second kappa shape index (κ2) is 5.94. The van der Waals surface area contributed by atoms with Gasteiger partial charge >= 0.3 is 0 Å². The highest BCUT2D eigenvalue weighted by molar-refractivity contribution is 5.89. The maximum atomic E-state index is 12.4. The number of carbonyl (C=O) groups excluding carboxylic acids is 2. The van der Waals surface area contributed by atoms with Crippen LogP contribution in [-0.4, -0.2) is 44.1 Å². The van der Waals surface area contributed by atoms with Crippen LogP contribution in [0.4, 0.5) is 0 Å². The van der Waals surface area contributed by atoms with E-state index in [1.54, 1.807) is 0 Å². The molecule has 1 aromatic heterocycles. The standard InChI is InChI=1S/C16H23N5O2/c22-15-8-11(10-21(15)12-5-6-12)16(23)17-9-14-19-18-13-4-2-1-3-7-20(13)14/h11-12H,1-10H2,(H,17,23)/t11-/m1/s1. The Balaban J connectivity index is 1.35. The minimum atomic E-state index is -0.213. The van der Waals surface area contributed by atoms with Gasteiger partial charge < -0.3 is 14.8 Å². The third-order valence-corrected chi connectivity index (χ3v) is 5.12. The first-order valence-electron chi connectivity index (χ1n) is 8.70. The van der Waals surface area contributed by atoms with E-state index in [2.05, 4.69) is 20.1 Å². The maximum absolute atomic E-state index is 12.4. The van der Waals surface area contributed by atoms with Crippen LogP contribution in [0.5, 0.6) is 0 Å². The molecule has 7 heteroatoms. The molecule has 1 atom stereocenters. The molecule has 2 aliphatic heterocycles. The van der Waals surface area contributed by atoms with Gasteiger partial charge in [-0.1, -0.05) is 6.42 Å². The summed E-state index contributed by atoms with van der Waals surface area (Å²) in [5, 5.41) is 11.4. The molecule has 0 spiro atoms. The van der Waals surface area contributed by atoms with Crippen LogP contribution in [0.3, 0.4) is 0 Å². The van der Waals surface area contributed by atoms with Crippen LogP contribution in [0, 0.1) is 5.92 Å². The van der Waals surface area contributed by atoms with Crippen LogP contribution in [0.25, 0.3) is 0 Å². The summed E-state index contributed by atoms with van der Waals surface area (Å²) in [6, 6.07) is 0.396. The summed E-state index contributed by atoms with van der Waals surface area (Å²) >= 11 is 0. The summed E-state index contributed by atoms with van der Waals surface area (Å²) in [5.74, 6) is 1.74. The quantitative estimate of drug-likeness (QED) is 0.883. The van der Waals surface area contributed by atoms with Gasteiger partial charge in [0.25, 0.3) is 0 Å². The molecule has 2 fully saturated rings. The molecule has 124 valence electrons. The molecule has 0 unspecified atom stereocenters. The summed E-state index contributed by atoms with van der Waals surface area (Å²) in [4.78, 5) is 26.2. The average molecular weight is 317 g/mol. The molecule has 1 aromatic rings. The van der Waals surface area contributed by atoms with Gasteiger partial charge in [-0.2, -0.15) is 0 Å². The van der Waals surface area contributed by atoms with E-state index in [4.69, 9.17) is 0 Å². The van der Waals surface area contributed by atoms with Gasteiger partial charge in [-0.05, 0) is 25.7 Å². The molecular formula is C16H23N5O2. The number of amides is 2. The van der Waals surface area contributed by atoms with Crippen molar-refractivity contribution in [1.29, 1.82) is 0 Å². The van der Waals surface area contributed by atoms with Crippen molar-refractivity contribution < 1.29 is 9.59 Å². The number of rotatable bonds is 4. The van der Waals surface area contributed by atoms with Crippen LogP contribution in [0.15, 0.2) is 0 Å². The number of carbonyl (C=O) groups is 2. The highest BCUT2D eigenvalue weighted by Crippen LogP contribution is 2.32. The fourth-order valence-corrected chi connectivity index (χ4v) is 3.63.